The largest absolute Gasteiger partial charge is 0.497 e. The highest BCUT2D eigenvalue weighted by Gasteiger charge is 2.33. The summed E-state index contributed by atoms with van der Waals surface area (Å²) in [6, 6.07) is 19.5. The van der Waals surface area contributed by atoms with E-state index in [1.807, 2.05) is 61.5 Å². The Morgan fingerprint density at radius 2 is 1.72 bits per heavy atom. The highest BCUT2D eigenvalue weighted by Crippen LogP contribution is 2.29. The van der Waals surface area contributed by atoms with Gasteiger partial charge in [0.05, 0.1) is 19.1 Å². The van der Waals surface area contributed by atoms with Gasteiger partial charge in [0, 0.05) is 18.0 Å². The Hall–Kier alpha value is -3.59. The Morgan fingerprint density at radius 1 is 1.03 bits per heavy atom. The quantitative estimate of drug-likeness (QED) is 0.379. The number of hydrogen-bond donors (Lipinski definition) is 1. The molecular formula is C30H37N3O5S. The van der Waals surface area contributed by atoms with Crippen LogP contribution in [-0.2, 0) is 26.2 Å². The van der Waals surface area contributed by atoms with Crippen LogP contribution in [0.3, 0.4) is 0 Å². The van der Waals surface area contributed by atoms with E-state index in [0.29, 0.717) is 17.9 Å². The second-order valence-corrected chi connectivity index (χ2v) is 12.0. The second kappa shape index (κ2) is 12.5. The molecule has 1 fully saturated rings. The van der Waals surface area contributed by atoms with Gasteiger partial charge in [-0.25, -0.2) is 8.42 Å². The summed E-state index contributed by atoms with van der Waals surface area (Å²) in [4.78, 5) is 29.0. The predicted octanol–water partition coefficient (Wildman–Crippen LogP) is 4.48. The summed E-state index contributed by atoms with van der Waals surface area (Å²) in [5, 5.41) is 4.72. The number of anilines is 1. The maximum atomic E-state index is 14.0. The van der Waals surface area contributed by atoms with Crippen molar-refractivity contribution >= 4 is 38.3 Å². The molecule has 1 N–H and O–H groups in total. The van der Waals surface area contributed by atoms with E-state index in [4.69, 9.17) is 4.74 Å². The number of rotatable bonds is 11. The molecule has 0 bridgehead atoms. The van der Waals surface area contributed by atoms with Crippen molar-refractivity contribution in [3.63, 3.8) is 0 Å². The average Bonchev–Trinajstić information content (AvgIpc) is 3.43. The van der Waals surface area contributed by atoms with Crippen LogP contribution in [0.4, 0.5) is 5.69 Å². The molecule has 208 valence electrons. The van der Waals surface area contributed by atoms with Crippen LogP contribution in [0.5, 0.6) is 5.75 Å². The third-order valence-electron chi connectivity index (χ3n) is 7.29. The number of nitrogens with zero attached hydrogens (tertiary/aromatic N) is 2. The molecule has 0 aromatic heterocycles. The Labute approximate surface area is 231 Å². The van der Waals surface area contributed by atoms with Crippen LogP contribution in [0.25, 0.3) is 10.8 Å². The molecule has 0 heterocycles. The summed E-state index contributed by atoms with van der Waals surface area (Å²) in [5.74, 6) is -0.0295. The number of ether oxygens (including phenoxy) is 1. The topological polar surface area (TPSA) is 96.0 Å². The van der Waals surface area contributed by atoms with Gasteiger partial charge < -0.3 is 15.0 Å². The van der Waals surface area contributed by atoms with Crippen LogP contribution in [0.2, 0.25) is 0 Å². The van der Waals surface area contributed by atoms with E-state index in [0.717, 1.165) is 52.6 Å². The van der Waals surface area contributed by atoms with Crippen molar-refractivity contribution in [3.8, 4) is 5.75 Å². The molecule has 2 amide bonds. The average molecular weight is 552 g/mol. The zero-order valence-corrected chi connectivity index (χ0v) is 23.6. The number of methoxy groups -OCH3 is 1. The predicted molar refractivity (Wildman–Crippen MR) is 154 cm³/mol. The SMILES string of the molecule is CCC(C(=O)NC1CCCC1)N(Cc1cccc(OC)c1)C(=O)CN(c1cccc2ccccc12)S(C)(=O)=O. The normalized spacial score (nSPS) is 14.6. The van der Waals surface area contributed by atoms with Crippen molar-refractivity contribution in [1.82, 2.24) is 10.2 Å². The summed E-state index contributed by atoms with van der Waals surface area (Å²) >= 11 is 0. The lowest BCUT2D eigenvalue weighted by Crippen LogP contribution is -2.53. The van der Waals surface area contributed by atoms with Crippen LogP contribution in [0.15, 0.2) is 66.7 Å². The third kappa shape index (κ3) is 6.89. The number of fused-ring (bicyclic) bond motifs is 1. The first-order valence-electron chi connectivity index (χ1n) is 13.4. The molecule has 8 nitrogen and oxygen atoms in total. The second-order valence-electron chi connectivity index (χ2n) is 10.1. The zero-order valence-electron chi connectivity index (χ0n) is 22.8. The molecular weight excluding hydrogens is 514 g/mol. The van der Waals surface area contributed by atoms with Gasteiger partial charge in [0.2, 0.25) is 21.8 Å². The van der Waals surface area contributed by atoms with Gasteiger partial charge in [-0.3, -0.25) is 13.9 Å². The van der Waals surface area contributed by atoms with Crippen molar-refractivity contribution in [2.75, 3.05) is 24.2 Å². The number of hydrogen-bond acceptors (Lipinski definition) is 5. The summed E-state index contributed by atoms with van der Waals surface area (Å²) in [5.41, 5.74) is 1.21. The Kier molecular flexibility index (Phi) is 9.12. The lowest BCUT2D eigenvalue weighted by molar-refractivity contribution is -0.140. The van der Waals surface area contributed by atoms with Gasteiger partial charge in [0.25, 0.3) is 0 Å². The minimum Gasteiger partial charge on any atom is -0.497 e. The van der Waals surface area contributed by atoms with Crippen molar-refractivity contribution in [2.24, 2.45) is 0 Å². The molecule has 0 radical (unpaired) electrons. The van der Waals surface area contributed by atoms with Gasteiger partial charge in [-0.15, -0.1) is 0 Å². The van der Waals surface area contributed by atoms with E-state index in [2.05, 4.69) is 5.32 Å². The maximum Gasteiger partial charge on any atom is 0.244 e. The van der Waals surface area contributed by atoms with Crippen LogP contribution in [0.1, 0.15) is 44.6 Å². The molecule has 0 aliphatic heterocycles. The molecule has 3 aromatic rings. The van der Waals surface area contributed by atoms with Gasteiger partial charge in [0.15, 0.2) is 0 Å². The molecule has 0 saturated heterocycles. The third-order valence-corrected chi connectivity index (χ3v) is 8.42. The van der Waals surface area contributed by atoms with Crippen molar-refractivity contribution in [3.05, 3.63) is 72.3 Å². The first-order valence-corrected chi connectivity index (χ1v) is 15.2. The molecule has 1 aliphatic rings. The monoisotopic (exact) mass is 551 g/mol. The number of carbonyl (C=O) groups is 2. The highest BCUT2D eigenvalue weighted by molar-refractivity contribution is 7.92. The fraction of sp³-hybridized carbons (Fsp3) is 0.400. The summed E-state index contributed by atoms with van der Waals surface area (Å²) in [7, 11) is -2.26. The van der Waals surface area contributed by atoms with E-state index < -0.39 is 28.5 Å². The van der Waals surface area contributed by atoms with E-state index in [9.17, 15) is 18.0 Å². The molecule has 4 rings (SSSR count). The molecule has 1 atom stereocenters. The van der Waals surface area contributed by atoms with Crippen molar-refractivity contribution < 1.29 is 22.7 Å². The summed E-state index contributed by atoms with van der Waals surface area (Å²) in [6.45, 7) is 1.58. The molecule has 1 unspecified atom stereocenters. The standard InChI is InChI=1S/C30H37N3O5S/c1-4-27(30(35)31-24-14-6-7-15-24)32(20-22-11-9-16-25(19-22)38-2)29(34)21-33(39(3,36)37)28-18-10-13-23-12-5-8-17-26(23)28/h5,8-13,16-19,24,27H,4,6-7,14-15,20-21H2,1-3H3,(H,31,35). The van der Waals surface area contributed by atoms with Gasteiger partial charge in [-0.1, -0.05) is 68.3 Å². The van der Waals surface area contributed by atoms with Gasteiger partial charge >= 0.3 is 0 Å². The van der Waals surface area contributed by atoms with Crippen LogP contribution in [-0.4, -0.2) is 57.1 Å². The van der Waals surface area contributed by atoms with Crippen molar-refractivity contribution in [1.29, 1.82) is 0 Å². The Bertz CT molecular complexity index is 1410. The van der Waals surface area contributed by atoms with Crippen molar-refractivity contribution in [2.45, 2.75) is 57.7 Å². The minimum atomic E-state index is -3.83. The Morgan fingerprint density at radius 3 is 2.41 bits per heavy atom. The zero-order chi connectivity index (χ0) is 28.0. The van der Waals surface area contributed by atoms with Gasteiger partial charge in [-0.05, 0) is 48.4 Å². The smallest absolute Gasteiger partial charge is 0.244 e. The summed E-state index contributed by atoms with van der Waals surface area (Å²) in [6.07, 6.45) is 5.48. The first-order chi connectivity index (χ1) is 18.7. The number of carbonyl (C=O) groups excluding carboxylic acids is 2. The van der Waals surface area contributed by atoms with E-state index >= 15 is 0 Å². The molecule has 1 aliphatic carbocycles. The highest BCUT2D eigenvalue weighted by atomic mass is 32.2. The van der Waals surface area contributed by atoms with Gasteiger partial charge in [-0.2, -0.15) is 0 Å². The number of amides is 2. The maximum absolute atomic E-state index is 14.0. The summed E-state index contributed by atoms with van der Waals surface area (Å²) < 4.78 is 32.6. The Balaban J connectivity index is 1.69. The molecule has 39 heavy (non-hydrogen) atoms. The lowest BCUT2D eigenvalue weighted by Gasteiger charge is -2.33. The first kappa shape index (κ1) is 28.4. The van der Waals surface area contributed by atoms with E-state index in [1.165, 1.54) is 4.90 Å². The van der Waals surface area contributed by atoms with E-state index in [-0.39, 0.29) is 18.5 Å². The molecule has 0 spiro atoms. The number of sulfonamides is 1. The molecule has 1 saturated carbocycles. The number of benzene rings is 3. The van der Waals surface area contributed by atoms with Gasteiger partial charge in [0.1, 0.15) is 18.3 Å². The number of nitrogens with one attached hydrogen (secondary N) is 1. The fourth-order valence-electron chi connectivity index (χ4n) is 5.28. The van der Waals surface area contributed by atoms with E-state index in [1.54, 1.807) is 19.2 Å². The molecule has 9 heteroatoms. The minimum absolute atomic E-state index is 0.100. The molecule has 3 aromatic carbocycles. The lowest BCUT2D eigenvalue weighted by atomic mass is 10.1. The van der Waals surface area contributed by atoms with Crippen LogP contribution in [0, 0.1) is 0 Å². The fourth-order valence-corrected chi connectivity index (χ4v) is 6.14. The van der Waals surface area contributed by atoms with Crippen LogP contribution < -0.4 is 14.4 Å². The van der Waals surface area contributed by atoms with Crippen LogP contribution >= 0.6 is 0 Å².